The van der Waals surface area contributed by atoms with Crippen molar-refractivity contribution in [2.24, 2.45) is 0 Å². The summed E-state index contributed by atoms with van der Waals surface area (Å²) in [6, 6.07) is 18.7. The molecule has 1 N–H and O–H groups in total. The maximum atomic E-state index is 12.3. The predicted octanol–water partition coefficient (Wildman–Crippen LogP) is 4.36. The third kappa shape index (κ3) is 5.57. The van der Waals surface area contributed by atoms with Crippen LogP contribution in [0.25, 0.3) is 11.5 Å². The van der Waals surface area contributed by atoms with Crippen LogP contribution in [-0.2, 0) is 17.8 Å². The van der Waals surface area contributed by atoms with E-state index in [4.69, 9.17) is 4.42 Å². The van der Waals surface area contributed by atoms with Crippen LogP contribution in [0.4, 0.5) is 0 Å². The van der Waals surface area contributed by atoms with Crippen molar-refractivity contribution >= 4 is 5.91 Å². The molecule has 0 saturated carbocycles. The number of nitrogens with zero attached hydrogens (tertiary/aromatic N) is 2. The fourth-order valence-corrected chi connectivity index (χ4v) is 3.88. The molecular weight excluding hydrogens is 374 g/mol. The first-order valence-electron chi connectivity index (χ1n) is 10.7. The Morgan fingerprint density at radius 1 is 1.10 bits per heavy atom. The summed E-state index contributed by atoms with van der Waals surface area (Å²) in [7, 11) is 0. The van der Waals surface area contributed by atoms with Gasteiger partial charge in [0.1, 0.15) is 6.26 Å². The van der Waals surface area contributed by atoms with Crippen molar-refractivity contribution in [1.29, 1.82) is 0 Å². The number of aromatic nitrogens is 1. The van der Waals surface area contributed by atoms with Gasteiger partial charge in [-0.1, -0.05) is 48.0 Å². The number of benzene rings is 2. The van der Waals surface area contributed by atoms with Crippen molar-refractivity contribution in [3.05, 3.63) is 77.7 Å². The highest BCUT2D eigenvalue weighted by Crippen LogP contribution is 2.21. The van der Waals surface area contributed by atoms with Gasteiger partial charge >= 0.3 is 0 Å². The molecule has 0 bridgehead atoms. The Hall–Kier alpha value is -2.92. The number of amides is 1. The molecule has 1 fully saturated rings. The minimum absolute atomic E-state index is 0.150. The lowest BCUT2D eigenvalue weighted by Gasteiger charge is -2.31. The van der Waals surface area contributed by atoms with Gasteiger partial charge in [-0.05, 0) is 43.9 Å². The molecule has 156 valence electrons. The van der Waals surface area contributed by atoms with Crippen LogP contribution in [0.1, 0.15) is 36.1 Å². The van der Waals surface area contributed by atoms with E-state index in [9.17, 15) is 4.79 Å². The van der Waals surface area contributed by atoms with Crippen LogP contribution in [0.2, 0.25) is 0 Å². The largest absolute Gasteiger partial charge is 0.444 e. The van der Waals surface area contributed by atoms with Gasteiger partial charge in [0.25, 0.3) is 0 Å². The minimum Gasteiger partial charge on any atom is -0.444 e. The molecule has 1 aromatic heterocycles. The lowest BCUT2D eigenvalue weighted by molar-refractivity contribution is -0.122. The van der Waals surface area contributed by atoms with Crippen molar-refractivity contribution in [1.82, 2.24) is 15.2 Å². The lowest BCUT2D eigenvalue weighted by atomic mass is 10.0. The van der Waals surface area contributed by atoms with Crippen LogP contribution in [0, 0.1) is 6.92 Å². The highest BCUT2D eigenvalue weighted by molar-refractivity contribution is 5.76. The molecule has 1 aliphatic rings. The van der Waals surface area contributed by atoms with Gasteiger partial charge in [0.05, 0.1) is 5.69 Å². The molecule has 30 heavy (non-hydrogen) atoms. The summed E-state index contributed by atoms with van der Waals surface area (Å²) in [6.45, 7) is 4.76. The number of hydrogen-bond donors (Lipinski definition) is 1. The maximum Gasteiger partial charge on any atom is 0.226 e. The number of carbonyl (C=O) groups is 1. The first kappa shape index (κ1) is 20.4. The Balaban J connectivity index is 1.20. The Morgan fingerprint density at radius 2 is 1.83 bits per heavy atom. The first-order valence-corrected chi connectivity index (χ1v) is 10.7. The molecule has 1 saturated heterocycles. The van der Waals surface area contributed by atoms with Gasteiger partial charge in [0.15, 0.2) is 0 Å². The molecule has 0 unspecified atom stereocenters. The third-order valence-corrected chi connectivity index (χ3v) is 5.67. The summed E-state index contributed by atoms with van der Waals surface area (Å²) in [5.41, 5.74) is 4.39. The van der Waals surface area contributed by atoms with Gasteiger partial charge in [-0.3, -0.25) is 9.69 Å². The van der Waals surface area contributed by atoms with E-state index in [1.165, 1.54) is 11.1 Å². The molecule has 3 aromatic rings. The molecule has 0 spiro atoms. The van der Waals surface area contributed by atoms with Crippen LogP contribution in [0.15, 0.2) is 65.3 Å². The lowest BCUT2D eigenvalue weighted by Crippen LogP contribution is -2.44. The Morgan fingerprint density at radius 3 is 2.57 bits per heavy atom. The zero-order chi connectivity index (χ0) is 20.8. The summed E-state index contributed by atoms with van der Waals surface area (Å²) < 4.78 is 5.67. The van der Waals surface area contributed by atoms with E-state index < -0.39 is 0 Å². The molecule has 5 nitrogen and oxygen atoms in total. The fourth-order valence-electron chi connectivity index (χ4n) is 3.88. The highest BCUT2D eigenvalue weighted by Gasteiger charge is 2.21. The van der Waals surface area contributed by atoms with Crippen LogP contribution in [0.3, 0.4) is 0 Å². The van der Waals surface area contributed by atoms with E-state index in [1.54, 1.807) is 6.26 Å². The van der Waals surface area contributed by atoms with Gasteiger partial charge in [0.2, 0.25) is 11.8 Å². The number of hydrogen-bond acceptors (Lipinski definition) is 4. The molecule has 1 aliphatic heterocycles. The number of oxazole rings is 1. The standard InChI is InChI=1S/C25H29N3O2/c1-19-7-10-21(11-8-19)25-27-23(18-30-25)17-28-15-13-22(14-16-28)26-24(29)12-9-20-5-3-2-4-6-20/h2-8,10-11,18,22H,9,12-17H2,1H3,(H,26,29). The van der Waals surface area contributed by atoms with Gasteiger partial charge in [0, 0.05) is 37.7 Å². The normalized spacial score (nSPS) is 15.2. The second-order valence-electron chi connectivity index (χ2n) is 8.11. The molecule has 4 rings (SSSR count). The maximum absolute atomic E-state index is 12.3. The van der Waals surface area contributed by atoms with Gasteiger partial charge < -0.3 is 9.73 Å². The quantitative estimate of drug-likeness (QED) is 0.637. The molecule has 0 atom stereocenters. The number of rotatable bonds is 7. The summed E-state index contributed by atoms with van der Waals surface area (Å²) in [6.07, 6.45) is 5.04. The van der Waals surface area contributed by atoms with E-state index in [0.29, 0.717) is 12.3 Å². The third-order valence-electron chi connectivity index (χ3n) is 5.67. The number of piperidine rings is 1. The number of nitrogens with one attached hydrogen (secondary N) is 1. The van der Waals surface area contributed by atoms with E-state index in [0.717, 1.165) is 50.2 Å². The van der Waals surface area contributed by atoms with Gasteiger partial charge in [-0.15, -0.1) is 0 Å². The minimum atomic E-state index is 0.150. The molecule has 5 heteroatoms. The van der Waals surface area contributed by atoms with Gasteiger partial charge in [-0.2, -0.15) is 0 Å². The number of aryl methyl sites for hydroxylation is 2. The van der Waals surface area contributed by atoms with Crippen LogP contribution in [0.5, 0.6) is 0 Å². The first-order chi connectivity index (χ1) is 14.7. The molecule has 0 radical (unpaired) electrons. The average molecular weight is 404 g/mol. The van der Waals surface area contributed by atoms with Crippen LogP contribution in [-0.4, -0.2) is 34.9 Å². The van der Waals surface area contributed by atoms with Crippen molar-refractivity contribution < 1.29 is 9.21 Å². The molecule has 2 heterocycles. The monoisotopic (exact) mass is 403 g/mol. The predicted molar refractivity (Wildman–Crippen MR) is 118 cm³/mol. The molecule has 2 aromatic carbocycles. The van der Waals surface area contributed by atoms with Crippen molar-refractivity contribution in [3.8, 4) is 11.5 Å². The van der Waals surface area contributed by atoms with E-state index in [2.05, 4.69) is 46.4 Å². The summed E-state index contributed by atoms with van der Waals surface area (Å²) in [5, 5.41) is 3.20. The SMILES string of the molecule is Cc1ccc(-c2nc(CN3CCC(NC(=O)CCc4ccccc4)CC3)co2)cc1. The fraction of sp³-hybridized carbons (Fsp3) is 0.360. The Bertz CT molecular complexity index is 942. The van der Waals surface area contributed by atoms with Crippen LogP contribution < -0.4 is 5.32 Å². The number of carbonyl (C=O) groups excluding carboxylic acids is 1. The molecular formula is C25H29N3O2. The summed E-state index contributed by atoms with van der Waals surface area (Å²) in [5.74, 6) is 0.821. The second-order valence-corrected chi connectivity index (χ2v) is 8.11. The second kappa shape index (κ2) is 9.72. The smallest absolute Gasteiger partial charge is 0.226 e. The van der Waals surface area contributed by atoms with Crippen molar-refractivity contribution in [2.75, 3.05) is 13.1 Å². The van der Waals surface area contributed by atoms with Crippen LogP contribution >= 0.6 is 0 Å². The van der Waals surface area contributed by atoms with Crippen molar-refractivity contribution in [2.45, 2.75) is 45.2 Å². The van der Waals surface area contributed by atoms with Crippen molar-refractivity contribution in [3.63, 3.8) is 0 Å². The van der Waals surface area contributed by atoms with E-state index >= 15 is 0 Å². The average Bonchev–Trinajstić information content (AvgIpc) is 3.23. The zero-order valence-electron chi connectivity index (χ0n) is 17.5. The summed E-state index contributed by atoms with van der Waals surface area (Å²) >= 11 is 0. The van der Waals surface area contributed by atoms with E-state index in [-0.39, 0.29) is 11.9 Å². The molecule has 0 aliphatic carbocycles. The Kier molecular flexibility index (Phi) is 6.60. The molecule has 1 amide bonds. The summed E-state index contributed by atoms with van der Waals surface area (Å²) in [4.78, 5) is 19.3. The van der Waals surface area contributed by atoms with Gasteiger partial charge in [-0.25, -0.2) is 4.98 Å². The Labute approximate surface area is 178 Å². The van der Waals surface area contributed by atoms with E-state index in [1.807, 2.05) is 30.3 Å². The zero-order valence-corrected chi connectivity index (χ0v) is 17.5. The number of likely N-dealkylation sites (tertiary alicyclic amines) is 1. The topological polar surface area (TPSA) is 58.4 Å². The highest BCUT2D eigenvalue weighted by atomic mass is 16.3.